The fourth-order valence-corrected chi connectivity index (χ4v) is 10.2. The molecule has 450 valence electrons. The summed E-state index contributed by atoms with van der Waals surface area (Å²) < 4.78 is 16.9. The predicted molar refractivity (Wildman–Crippen MR) is 335 cm³/mol. The van der Waals surface area contributed by atoms with Crippen LogP contribution < -0.4 is 0 Å². The van der Waals surface area contributed by atoms with Crippen molar-refractivity contribution in [2.24, 2.45) is 0 Å². The second kappa shape index (κ2) is 65.9. The maximum absolute atomic E-state index is 12.9. The van der Waals surface area contributed by atoms with Gasteiger partial charge in [-0.1, -0.05) is 313 Å². The highest BCUT2D eigenvalue weighted by Crippen LogP contribution is 2.17. The molecule has 0 heterocycles. The fraction of sp³-hybridized carbons (Fsp3) is 0.845. The molecule has 6 nitrogen and oxygen atoms in total. The van der Waals surface area contributed by atoms with Crippen molar-refractivity contribution in [3.05, 3.63) is 48.6 Å². The summed E-state index contributed by atoms with van der Waals surface area (Å²) in [5.41, 5.74) is 0. The molecule has 0 radical (unpaired) electrons. The number of esters is 3. The Morgan fingerprint density at radius 1 is 0.260 bits per heavy atom. The van der Waals surface area contributed by atoms with E-state index < -0.39 is 6.10 Å². The van der Waals surface area contributed by atoms with Crippen LogP contribution in [0.4, 0.5) is 0 Å². The number of rotatable bonds is 63. The number of ether oxygens (including phenoxy) is 3. The molecule has 0 saturated carbocycles. The zero-order valence-corrected chi connectivity index (χ0v) is 51.7. The van der Waals surface area contributed by atoms with Gasteiger partial charge in [0.25, 0.3) is 0 Å². The maximum Gasteiger partial charge on any atom is 0.306 e. The molecule has 6 heteroatoms. The van der Waals surface area contributed by atoms with Gasteiger partial charge in [0.2, 0.25) is 0 Å². The molecule has 0 aliphatic rings. The van der Waals surface area contributed by atoms with Crippen LogP contribution in [0.2, 0.25) is 0 Å². The molecule has 0 aromatic heterocycles. The average molecular weight is 1080 g/mol. The summed E-state index contributed by atoms with van der Waals surface area (Å²) in [5, 5.41) is 0. The Labute approximate surface area is 479 Å². The number of carbonyl (C=O) groups is 3. The largest absolute Gasteiger partial charge is 0.462 e. The van der Waals surface area contributed by atoms with Gasteiger partial charge in [-0.2, -0.15) is 0 Å². The SMILES string of the molecule is CCCCCCC/C=C\C/C=C\C/C=C\CCCCCCCCCCC(=O)OC(COC(=O)CCCCCCCCCCC)COC(=O)CCCCCCCCCCCCCCCCC/C=C\CCCCCCCCCC. The Balaban J connectivity index is 4.15. The molecule has 0 aliphatic carbocycles. The van der Waals surface area contributed by atoms with E-state index in [1.807, 2.05) is 0 Å². The molecule has 1 atom stereocenters. The van der Waals surface area contributed by atoms with Crippen LogP contribution in [0.25, 0.3) is 0 Å². The zero-order chi connectivity index (χ0) is 55.7. The second-order valence-electron chi connectivity index (χ2n) is 23.1. The zero-order valence-electron chi connectivity index (χ0n) is 51.7. The standard InChI is InChI=1S/C71H130O6/c1-4-7-10-13-16-19-21-23-25-27-29-31-33-34-35-36-38-39-41-43-45-47-49-52-55-58-61-64-70(73)76-67-68(66-75-69(72)63-60-57-54-51-18-15-12-9-6-3)77-71(74)65-62-59-56-53-50-48-46-44-42-40-37-32-30-28-26-24-22-20-17-14-11-8-5-2/h22,24,27-30,37,40,68H,4-21,23,25-26,31-36,38-39,41-67H2,1-3H3/b24-22-,29-27-,30-28-,40-37-. The summed E-state index contributed by atoms with van der Waals surface area (Å²) in [6.45, 7) is 6.66. The predicted octanol–water partition coefficient (Wildman–Crippen LogP) is 23.3. The van der Waals surface area contributed by atoms with Crippen molar-refractivity contribution in [2.45, 2.75) is 374 Å². The summed E-state index contributed by atoms with van der Waals surface area (Å²) in [6, 6.07) is 0. The summed E-state index contributed by atoms with van der Waals surface area (Å²) >= 11 is 0. The Morgan fingerprint density at radius 2 is 0.468 bits per heavy atom. The average Bonchev–Trinajstić information content (AvgIpc) is 3.43. The van der Waals surface area contributed by atoms with Crippen molar-refractivity contribution in [2.75, 3.05) is 13.2 Å². The monoisotopic (exact) mass is 1080 g/mol. The smallest absolute Gasteiger partial charge is 0.306 e. The molecule has 1 unspecified atom stereocenters. The quantitative estimate of drug-likeness (QED) is 0.0261. The summed E-state index contributed by atoms with van der Waals surface area (Å²) in [6.07, 6.45) is 82.9. The molecular weight excluding hydrogens is 949 g/mol. The number of allylic oxidation sites excluding steroid dienone is 8. The van der Waals surface area contributed by atoms with Crippen molar-refractivity contribution in [3.63, 3.8) is 0 Å². The maximum atomic E-state index is 12.9. The lowest BCUT2D eigenvalue weighted by molar-refractivity contribution is -0.167. The van der Waals surface area contributed by atoms with Crippen molar-refractivity contribution in [1.29, 1.82) is 0 Å². The van der Waals surface area contributed by atoms with Gasteiger partial charge in [0.05, 0.1) is 0 Å². The third-order valence-electron chi connectivity index (χ3n) is 15.3. The lowest BCUT2D eigenvalue weighted by atomic mass is 10.0. The minimum atomic E-state index is -0.775. The molecule has 0 saturated heterocycles. The Bertz CT molecular complexity index is 1330. The Kier molecular flexibility index (Phi) is 63.6. The van der Waals surface area contributed by atoms with E-state index in [1.54, 1.807) is 0 Å². The third-order valence-corrected chi connectivity index (χ3v) is 15.3. The molecule has 0 fully saturated rings. The highest BCUT2D eigenvalue weighted by molar-refractivity contribution is 5.71. The van der Waals surface area contributed by atoms with Crippen LogP contribution in [0.5, 0.6) is 0 Å². The molecule has 0 N–H and O–H groups in total. The van der Waals surface area contributed by atoms with Crippen molar-refractivity contribution in [1.82, 2.24) is 0 Å². The number of hydrogen-bond donors (Lipinski definition) is 0. The van der Waals surface area contributed by atoms with E-state index in [2.05, 4.69) is 69.4 Å². The molecule has 0 aromatic carbocycles. The first kappa shape index (κ1) is 74.4. The van der Waals surface area contributed by atoms with Crippen LogP contribution in [0.15, 0.2) is 48.6 Å². The Hall–Kier alpha value is -2.63. The van der Waals surface area contributed by atoms with Crippen molar-refractivity contribution >= 4 is 17.9 Å². The van der Waals surface area contributed by atoms with E-state index in [4.69, 9.17) is 14.2 Å². The van der Waals surface area contributed by atoms with E-state index in [9.17, 15) is 14.4 Å². The Morgan fingerprint density at radius 3 is 0.740 bits per heavy atom. The van der Waals surface area contributed by atoms with E-state index in [0.29, 0.717) is 19.3 Å². The van der Waals surface area contributed by atoms with Crippen LogP contribution in [0, 0.1) is 0 Å². The van der Waals surface area contributed by atoms with Gasteiger partial charge in [-0.05, 0) is 83.5 Å². The fourth-order valence-electron chi connectivity index (χ4n) is 10.2. The summed E-state index contributed by atoms with van der Waals surface area (Å²) in [7, 11) is 0. The van der Waals surface area contributed by atoms with Gasteiger partial charge in [0.15, 0.2) is 6.10 Å². The number of hydrogen-bond acceptors (Lipinski definition) is 6. The lowest BCUT2D eigenvalue weighted by Crippen LogP contribution is -2.30. The van der Waals surface area contributed by atoms with Crippen LogP contribution >= 0.6 is 0 Å². The van der Waals surface area contributed by atoms with Crippen LogP contribution in [0.3, 0.4) is 0 Å². The first-order valence-corrected chi connectivity index (χ1v) is 34.1. The topological polar surface area (TPSA) is 78.9 Å². The molecule has 0 spiro atoms. The first-order valence-electron chi connectivity index (χ1n) is 34.1. The minimum absolute atomic E-state index is 0.0722. The summed E-state index contributed by atoms with van der Waals surface area (Å²) in [4.78, 5) is 38.2. The molecule has 0 amide bonds. The van der Waals surface area contributed by atoms with Gasteiger partial charge in [-0.3, -0.25) is 14.4 Å². The normalized spacial score (nSPS) is 12.3. The third kappa shape index (κ3) is 64.1. The van der Waals surface area contributed by atoms with Gasteiger partial charge >= 0.3 is 17.9 Å². The summed E-state index contributed by atoms with van der Waals surface area (Å²) in [5.74, 6) is -0.861. The molecule has 0 bridgehead atoms. The van der Waals surface area contributed by atoms with Gasteiger partial charge in [0.1, 0.15) is 13.2 Å². The van der Waals surface area contributed by atoms with E-state index in [-0.39, 0.29) is 31.1 Å². The van der Waals surface area contributed by atoms with Crippen LogP contribution in [-0.2, 0) is 28.6 Å². The first-order chi connectivity index (χ1) is 38.0. The van der Waals surface area contributed by atoms with E-state index in [1.165, 1.54) is 250 Å². The lowest BCUT2D eigenvalue weighted by Gasteiger charge is -2.18. The van der Waals surface area contributed by atoms with Crippen molar-refractivity contribution in [3.8, 4) is 0 Å². The second-order valence-corrected chi connectivity index (χ2v) is 23.1. The van der Waals surface area contributed by atoms with Gasteiger partial charge in [-0.25, -0.2) is 0 Å². The number of carbonyl (C=O) groups excluding carboxylic acids is 3. The van der Waals surface area contributed by atoms with Gasteiger partial charge < -0.3 is 14.2 Å². The molecule has 0 aromatic rings. The molecule has 77 heavy (non-hydrogen) atoms. The van der Waals surface area contributed by atoms with E-state index >= 15 is 0 Å². The van der Waals surface area contributed by atoms with E-state index in [0.717, 1.165) is 77.0 Å². The highest BCUT2D eigenvalue weighted by Gasteiger charge is 2.19. The molecule has 0 rings (SSSR count). The molecular formula is C71H130O6. The van der Waals surface area contributed by atoms with Crippen molar-refractivity contribution < 1.29 is 28.6 Å². The van der Waals surface area contributed by atoms with Crippen LogP contribution in [-0.4, -0.2) is 37.2 Å². The van der Waals surface area contributed by atoms with Crippen LogP contribution in [0.1, 0.15) is 367 Å². The minimum Gasteiger partial charge on any atom is -0.462 e. The van der Waals surface area contributed by atoms with Gasteiger partial charge in [0, 0.05) is 19.3 Å². The molecule has 0 aliphatic heterocycles. The highest BCUT2D eigenvalue weighted by atomic mass is 16.6. The van der Waals surface area contributed by atoms with Gasteiger partial charge in [-0.15, -0.1) is 0 Å². The number of unbranched alkanes of at least 4 members (excludes halogenated alkanes) is 44.